The number of hydrogen-bond acceptors (Lipinski definition) is 2. The Morgan fingerprint density at radius 2 is 1.94 bits per heavy atom. The molecule has 0 amide bonds. The second-order valence-corrected chi connectivity index (χ2v) is 6.33. The molecule has 0 unspecified atom stereocenters. The van der Waals surface area contributed by atoms with Gasteiger partial charge in [0.15, 0.2) is 0 Å². The standard InChI is InChI=1S/C10H16Cl3N3/c1-4-5-6-16-8(7(2)3)9(14-15-16)10(11,12)13/h7H,4-6H2,1-3H3. The largest absolute Gasteiger partial charge is 0.249 e. The molecule has 1 aromatic rings. The van der Waals surface area contributed by atoms with Gasteiger partial charge in [-0.25, -0.2) is 4.68 Å². The predicted molar refractivity (Wildman–Crippen MR) is 68.3 cm³/mol. The van der Waals surface area contributed by atoms with Crippen LogP contribution in [0.4, 0.5) is 0 Å². The van der Waals surface area contributed by atoms with Gasteiger partial charge >= 0.3 is 0 Å². The third-order valence-electron chi connectivity index (χ3n) is 2.31. The highest BCUT2D eigenvalue weighted by Crippen LogP contribution is 2.40. The Morgan fingerprint density at radius 1 is 1.31 bits per heavy atom. The molecule has 0 spiro atoms. The molecule has 16 heavy (non-hydrogen) atoms. The van der Waals surface area contributed by atoms with Crippen LogP contribution in [0.1, 0.15) is 50.9 Å². The molecule has 0 saturated heterocycles. The van der Waals surface area contributed by atoms with Gasteiger partial charge in [0, 0.05) is 6.54 Å². The quantitative estimate of drug-likeness (QED) is 0.782. The van der Waals surface area contributed by atoms with Crippen molar-refractivity contribution in [3.05, 3.63) is 11.4 Å². The van der Waals surface area contributed by atoms with Crippen LogP contribution in [0.3, 0.4) is 0 Å². The zero-order valence-electron chi connectivity index (χ0n) is 9.67. The molecule has 6 heteroatoms. The van der Waals surface area contributed by atoms with Crippen LogP contribution < -0.4 is 0 Å². The lowest BCUT2D eigenvalue weighted by Crippen LogP contribution is -2.11. The summed E-state index contributed by atoms with van der Waals surface area (Å²) < 4.78 is 0.343. The molecule has 0 atom stereocenters. The molecule has 1 rings (SSSR count). The van der Waals surface area contributed by atoms with E-state index in [4.69, 9.17) is 34.8 Å². The van der Waals surface area contributed by atoms with Crippen LogP contribution in [-0.4, -0.2) is 15.0 Å². The minimum Gasteiger partial charge on any atom is -0.249 e. The maximum atomic E-state index is 5.87. The topological polar surface area (TPSA) is 30.7 Å². The second kappa shape index (κ2) is 5.56. The van der Waals surface area contributed by atoms with Gasteiger partial charge in [-0.3, -0.25) is 0 Å². The molecule has 0 saturated carbocycles. The minimum atomic E-state index is -1.50. The van der Waals surface area contributed by atoms with Gasteiger partial charge in [-0.2, -0.15) is 0 Å². The van der Waals surface area contributed by atoms with Gasteiger partial charge in [-0.05, 0) is 12.3 Å². The Labute approximate surface area is 111 Å². The first-order chi connectivity index (χ1) is 7.38. The van der Waals surface area contributed by atoms with E-state index in [0.29, 0.717) is 5.69 Å². The van der Waals surface area contributed by atoms with Crippen LogP contribution in [0.5, 0.6) is 0 Å². The molecule has 0 aromatic carbocycles. The van der Waals surface area contributed by atoms with Crippen LogP contribution in [0.2, 0.25) is 0 Å². The molecule has 0 radical (unpaired) electrons. The number of aromatic nitrogens is 3. The van der Waals surface area contributed by atoms with Crippen LogP contribution in [0, 0.1) is 0 Å². The maximum absolute atomic E-state index is 5.87. The van der Waals surface area contributed by atoms with Gasteiger partial charge in [0.05, 0.1) is 5.69 Å². The van der Waals surface area contributed by atoms with Crippen LogP contribution >= 0.6 is 34.8 Å². The molecule has 0 fully saturated rings. The average Bonchev–Trinajstić information content (AvgIpc) is 2.57. The predicted octanol–water partition coefficient (Wildman–Crippen LogP) is 4.03. The maximum Gasteiger partial charge on any atom is 0.236 e. The fourth-order valence-electron chi connectivity index (χ4n) is 1.57. The molecule has 3 nitrogen and oxygen atoms in total. The van der Waals surface area contributed by atoms with Gasteiger partial charge in [0.1, 0.15) is 5.69 Å². The molecule has 0 N–H and O–H groups in total. The van der Waals surface area contributed by atoms with Crippen molar-refractivity contribution in [1.29, 1.82) is 0 Å². The van der Waals surface area contributed by atoms with Gasteiger partial charge in [-0.15, -0.1) is 5.10 Å². The summed E-state index contributed by atoms with van der Waals surface area (Å²) in [6.07, 6.45) is 2.14. The van der Waals surface area contributed by atoms with E-state index in [-0.39, 0.29) is 5.92 Å². The molecule has 0 aliphatic rings. The number of unbranched alkanes of at least 4 members (excludes halogenated alkanes) is 1. The van der Waals surface area contributed by atoms with E-state index in [9.17, 15) is 0 Å². The lowest BCUT2D eigenvalue weighted by atomic mass is 10.1. The Bertz CT molecular complexity index is 342. The summed E-state index contributed by atoms with van der Waals surface area (Å²) >= 11 is 17.6. The Hall–Kier alpha value is 0.01000. The Balaban J connectivity index is 3.07. The smallest absolute Gasteiger partial charge is 0.236 e. The minimum absolute atomic E-state index is 0.234. The fourth-order valence-corrected chi connectivity index (χ4v) is 1.97. The Morgan fingerprint density at radius 3 is 2.38 bits per heavy atom. The molecule has 1 heterocycles. The van der Waals surface area contributed by atoms with E-state index in [1.54, 1.807) is 0 Å². The molecule has 0 aliphatic carbocycles. The summed E-state index contributed by atoms with van der Waals surface area (Å²) in [4.78, 5) is 0. The molecular weight excluding hydrogens is 268 g/mol. The van der Waals surface area contributed by atoms with E-state index < -0.39 is 3.79 Å². The zero-order chi connectivity index (χ0) is 12.3. The first kappa shape index (κ1) is 14.1. The monoisotopic (exact) mass is 283 g/mol. The summed E-state index contributed by atoms with van der Waals surface area (Å²) in [5, 5.41) is 8.03. The number of hydrogen-bond donors (Lipinski definition) is 0. The average molecular weight is 285 g/mol. The molecule has 1 aromatic heterocycles. The summed E-state index contributed by atoms with van der Waals surface area (Å²) in [6.45, 7) is 7.03. The van der Waals surface area contributed by atoms with Gasteiger partial charge in [0.2, 0.25) is 3.79 Å². The number of alkyl halides is 3. The molecular formula is C10H16Cl3N3. The van der Waals surface area contributed by atoms with Crippen molar-refractivity contribution in [2.24, 2.45) is 0 Å². The Kier molecular flexibility index (Phi) is 4.89. The lowest BCUT2D eigenvalue weighted by molar-refractivity contribution is 0.521. The SMILES string of the molecule is CCCCn1nnc(C(Cl)(Cl)Cl)c1C(C)C. The molecule has 92 valence electrons. The zero-order valence-corrected chi connectivity index (χ0v) is 11.9. The van der Waals surface area contributed by atoms with Crippen molar-refractivity contribution >= 4 is 34.8 Å². The van der Waals surface area contributed by atoms with Crippen LogP contribution in [0.15, 0.2) is 0 Å². The van der Waals surface area contributed by atoms with E-state index >= 15 is 0 Å². The van der Waals surface area contributed by atoms with Crippen molar-refractivity contribution in [2.45, 2.75) is 49.9 Å². The molecule has 0 aliphatic heterocycles. The normalized spacial score (nSPS) is 12.4. The number of aryl methyl sites for hydroxylation is 1. The van der Waals surface area contributed by atoms with Gasteiger partial charge in [0.25, 0.3) is 0 Å². The third kappa shape index (κ3) is 3.25. The first-order valence-corrected chi connectivity index (χ1v) is 6.51. The van der Waals surface area contributed by atoms with Crippen LogP contribution in [0.25, 0.3) is 0 Å². The van der Waals surface area contributed by atoms with Crippen molar-refractivity contribution < 1.29 is 0 Å². The summed E-state index contributed by atoms with van der Waals surface area (Å²) in [5.41, 5.74) is 1.36. The summed E-state index contributed by atoms with van der Waals surface area (Å²) in [6, 6.07) is 0. The third-order valence-corrected chi connectivity index (χ3v) is 2.85. The number of nitrogens with zero attached hydrogens (tertiary/aromatic N) is 3. The highest BCUT2D eigenvalue weighted by Gasteiger charge is 2.32. The molecule has 0 bridgehead atoms. The summed E-state index contributed by atoms with van der Waals surface area (Å²) in [7, 11) is 0. The second-order valence-electron chi connectivity index (χ2n) is 4.05. The van der Waals surface area contributed by atoms with Crippen molar-refractivity contribution in [3.8, 4) is 0 Å². The van der Waals surface area contributed by atoms with Crippen molar-refractivity contribution in [1.82, 2.24) is 15.0 Å². The lowest BCUT2D eigenvalue weighted by Gasteiger charge is -2.14. The fraction of sp³-hybridized carbons (Fsp3) is 0.800. The number of halogens is 3. The highest BCUT2D eigenvalue weighted by atomic mass is 35.6. The van der Waals surface area contributed by atoms with Crippen molar-refractivity contribution in [2.75, 3.05) is 0 Å². The van der Waals surface area contributed by atoms with Gasteiger partial charge < -0.3 is 0 Å². The van der Waals surface area contributed by atoms with Crippen LogP contribution in [-0.2, 0) is 10.3 Å². The van der Waals surface area contributed by atoms with Gasteiger partial charge in [-0.1, -0.05) is 67.2 Å². The van der Waals surface area contributed by atoms with E-state index in [2.05, 4.69) is 17.2 Å². The van der Waals surface area contributed by atoms with E-state index in [1.807, 2.05) is 18.5 Å². The first-order valence-electron chi connectivity index (χ1n) is 5.38. The van der Waals surface area contributed by atoms with Crippen molar-refractivity contribution in [3.63, 3.8) is 0 Å². The van der Waals surface area contributed by atoms with E-state index in [1.165, 1.54) is 0 Å². The number of rotatable bonds is 4. The highest BCUT2D eigenvalue weighted by molar-refractivity contribution is 6.66. The summed E-state index contributed by atoms with van der Waals surface area (Å²) in [5.74, 6) is 0.234. The van der Waals surface area contributed by atoms with E-state index in [0.717, 1.165) is 25.1 Å².